The Hall–Kier alpha value is -2.42. The normalized spacial score (nSPS) is 11.8. The predicted octanol–water partition coefficient (Wildman–Crippen LogP) is 1.97. The second kappa shape index (κ2) is 6.56. The van der Waals surface area contributed by atoms with Crippen LogP contribution in [0.25, 0.3) is 0 Å². The standard InChI is InChI=1S/C13H16N4O4S/c1-6-5-9(16-21-6)15-11(18)8(3)20-13(19)10-7(2)17-22-12(10)14-4/h5,8,14H,1-4H3,(H,15,16,18). The third kappa shape index (κ3) is 3.42. The molecule has 0 aliphatic carbocycles. The van der Waals surface area contributed by atoms with Gasteiger partial charge < -0.3 is 19.9 Å². The Morgan fingerprint density at radius 1 is 1.41 bits per heavy atom. The molecular weight excluding hydrogens is 308 g/mol. The largest absolute Gasteiger partial charge is 0.449 e. The van der Waals surface area contributed by atoms with E-state index in [1.807, 2.05) is 0 Å². The van der Waals surface area contributed by atoms with E-state index in [2.05, 4.69) is 20.2 Å². The highest BCUT2D eigenvalue weighted by Gasteiger charge is 2.24. The summed E-state index contributed by atoms with van der Waals surface area (Å²) in [4.78, 5) is 24.1. The van der Waals surface area contributed by atoms with Crippen LogP contribution < -0.4 is 10.6 Å². The van der Waals surface area contributed by atoms with Crippen molar-refractivity contribution < 1.29 is 18.8 Å². The molecule has 0 aliphatic rings. The highest BCUT2D eigenvalue weighted by Crippen LogP contribution is 2.25. The number of ether oxygens (including phenoxy) is 1. The minimum atomic E-state index is -0.978. The van der Waals surface area contributed by atoms with E-state index in [1.165, 1.54) is 6.92 Å². The second-order valence-electron chi connectivity index (χ2n) is 4.58. The van der Waals surface area contributed by atoms with Gasteiger partial charge in [-0.05, 0) is 32.3 Å². The zero-order valence-electron chi connectivity index (χ0n) is 12.6. The first-order valence-electron chi connectivity index (χ1n) is 6.51. The van der Waals surface area contributed by atoms with E-state index in [0.717, 1.165) is 11.5 Å². The molecule has 2 N–H and O–H groups in total. The Balaban J connectivity index is 2.01. The van der Waals surface area contributed by atoms with Crippen molar-refractivity contribution in [3.63, 3.8) is 0 Å². The molecule has 1 unspecified atom stereocenters. The van der Waals surface area contributed by atoms with Gasteiger partial charge >= 0.3 is 5.97 Å². The van der Waals surface area contributed by atoms with E-state index in [4.69, 9.17) is 9.26 Å². The minimum Gasteiger partial charge on any atom is -0.449 e. The summed E-state index contributed by atoms with van der Waals surface area (Å²) in [5.41, 5.74) is 0.892. The van der Waals surface area contributed by atoms with E-state index < -0.39 is 18.0 Å². The van der Waals surface area contributed by atoms with Crippen molar-refractivity contribution in [2.24, 2.45) is 0 Å². The van der Waals surface area contributed by atoms with Crippen LogP contribution in [0.1, 0.15) is 28.7 Å². The smallest absolute Gasteiger partial charge is 0.343 e. The average Bonchev–Trinajstić information content (AvgIpc) is 3.04. The zero-order valence-corrected chi connectivity index (χ0v) is 13.4. The van der Waals surface area contributed by atoms with E-state index in [9.17, 15) is 9.59 Å². The van der Waals surface area contributed by atoms with Crippen LogP contribution in [0.2, 0.25) is 0 Å². The van der Waals surface area contributed by atoms with Crippen LogP contribution in [0.5, 0.6) is 0 Å². The number of hydrogen-bond acceptors (Lipinski definition) is 8. The molecule has 2 rings (SSSR count). The number of esters is 1. The molecule has 0 fully saturated rings. The van der Waals surface area contributed by atoms with Crippen LogP contribution >= 0.6 is 11.5 Å². The molecule has 9 heteroatoms. The van der Waals surface area contributed by atoms with E-state index >= 15 is 0 Å². The fourth-order valence-corrected chi connectivity index (χ4v) is 2.44. The Labute approximate surface area is 131 Å². The molecule has 8 nitrogen and oxygen atoms in total. The number of rotatable bonds is 5. The number of nitrogens with zero attached hydrogens (tertiary/aromatic N) is 2. The van der Waals surface area contributed by atoms with Crippen LogP contribution in [0, 0.1) is 13.8 Å². The van der Waals surface area contributed by atoms with Gasteiger partial charge in [-0.25, -0.2) is 4.79 Å². The van der Waals surface area contributed by atoms with Crippen LogP contribution in [-0.2, 0) is 9.53 Å². The molecule has 0 aliphatic heterocycles. The van der Waals surface area contributed by atoms with Crippen molar-refractivity contribution in [3.05, 3.63) is 23.1 Å². The lowest BCUT2D eigenvalue weighted by molar-refractivity contribution is -0.123. The third-order valence-electron chi connectivity index (χ3n) is 2.83. The Kier molecular flexibility index (Phi) is 4.76. The quantitative estimate of drug-likeness (QED) is 0.810. The number of hydrogen-bond donors (Lipinski definition) is 2. The summed E-state index contributed by atoms with van der Waals surface area (Å²) in [5, 5.41) is 9.62. The molecule has 0 spiro atoms. The fourth-order valence-electron chi connectivity index (χ4n) is 1.71. The first kappa shape index (κ1) is 16.0. The molecule has 0 saturated heterocycles. The Bertz CT molecular complexity index is 694. The van der Waals surface area contributed by atoms with Crippen LogP contribution in [0.4, 0.5) is 10.8 Å². The van der Waals surface area contributed by atoms with Gasteiger partial charge in [0.05, 0.1) is 5.69 Å². The fraction of sp³-hybridized carbons (Fsp3) is 0.385. The lowest BCUT2D eigenvalue weighted by Crippen LogP contribution is -2.30. The molecule has 2 aromatic heterocycles. The highest BCUT2D eigenvalue weighted by molar-refractivity contribution is 7.10. The summed E-state index contributed by atoms with van der Waals surface area (Å²) in [7, 11) is 1.69. The van der Waals surface area contributed by atoms with E-state index in [1.54, 1.807) is 27.0 Å². The summed E-state index contributed by atoms with van der Waals surface area (Å²) < 4.78 is 14.1. The van der Waals surface area contributed by atoms with Gasteiger partial charge in [-0.1, -0.05) is 5.16 Å². The maximum Gasteiger partial charge on any atom is 0.343 e. The summed E-state index contributed by atoms with van der Waals surface area (Å²) in [6, 6.07) is 1.57. The van der Waals surface area contributed by atoms with Crippen molar-refractivity contribution in [2.75, 3.05) is 17.7 Å². The molecule has 0 radical (unpaired) electrons. The Morgan fingerprint density at radius 2 is 2.14 bits per heavy atom. The molecule has 1 atom stereocenters. The molecular formula is C13H16N4O4S. The van der Waals surface area contributed by atoms with Crippen molar-refractivity contribution in [1.29, 1.82) is 0 Å². The molecule has 2 heterocycles. The monoisotopic (exact) mass is 324 g/mol. The number of nitrogens with one attached hydrogen (secondary N) is 2. The summed E-state index contributed by atoms with van der Waals surface area (Å²) in [6.45, 7) is 4.89. The first-order valence-corrected chi connectivity index (χ1v) is 7.29. The average molecular weight is 324 g/mol. The second-order valence-corrected chi connectivity index (χ2v) is 5.36. The Morgan fingerprint density at radius 3 is 2.73 bits per heavy atom. The lowest BCUT2D eigenvalue weighted by atomic mass is 10.2. The van der Waals surface area contributed by atoms with Gasteiger partial charge in [0.25, 0.3) is 5.91 Å². The molecule has 2 aromatic rings. The van der Waals surface area contributed by atoms with Gasteiger partial charge in [0.1, 0.15) is 16.3 Å². The van der Waals surface area contributed by atoms with Gasteiger partial charge in [-0.3, -0.25) is 4.79 Å². The zero-order chi connectivity index (χ0) is 16.3. The van der Waals surface area contributed by atoms with Gasteiger partial charge in [-0.15, -0.1) is 0 Å². The number of anilines is 2. The molecule has 1 amide bonds. The maximum absolute atomic E-state index is 12.2. The maximum atomic E-state index is 12.2. The molecule has 118 valence electrons. The van der Waals surface area contributed by atoms with Crippen LogP contribution in [0.15, 0.2) is 10.6 Å². The van der Waals surface area contributed by atoms with Gasteiger partial charge in [0.15, 0.2) is 11.9 Å². The number of amides is 1. The first-order chi connectivity index (χ1) is 10.4. The van der Waals surface area contributed by atoms with E-state index in [-0.39, 0.29) is 5.82 Å². The van der Waals surface area contributed by atoms with Crippen molar-refractivity contribution in [2.45, 2.75) is 26.9 Å². The number of carbonyl (C=O) groups is 2. The topological polar surface area (TPSA) is 106 Å². The lowest BCUT2D eigenvalue weighted by Gasteiger charge is -2.12. The number of aromatic nitrogens is 2. The minimum absolute atomic E-state index is 0.273. The molecule has 0 aromatic carbocycles. The van der Waals surface area contributed by atoms with Crippen LogP contribution in [-0.4, -0.2) is 34.6 Å². The van der Waals surface area contributed by atoms with Crippen LogP contribution in [0.3, 0.4) is 0 Å². The number of aryl methyl sites for hydroxylation is 2. The molecule has 22 heavy (non-hydrogen) atoms. The highest BCUT2D eigenvalue weighted by atomic mass is 32.1. The van der Waals surface area contributed by atoms with E-state index in [0.29, 0.717) is 22.0 Å². The van der Waals surface area contributed by atoms with Gasteiger partial charge in [0, 0.05) is 13.1 Å². The third-order valence-corrected chi connectivity index (χ3v) is 3.78. The van der Waals surface area contributed by atoms with Gasteiger partial charge in [-0.2, -0.15) is 4.37 Å². The predicted molar refractivity (Wildman–Crippen MR) is 81.1 cm³/mol. The van der Waals surface area contributed by atoms with Crippen molar-refractivity contribution >= 4 is 34.2 Å². The summed E-state index contributed by atoms with van der Waals surface area (Å²) in [6.07, 6.45) is -0.978. The van der Waals surface area contributed by atoms with Gasteiger partial charge in [0.2, 0.25) is 0 Å². The SMILES string of the molecule is CNc1snc(C)c1C(=O)OC(C)C(=O)Nc1cc(C)on1. The summed E-state index contributed by atoms with van der Waals surface area (Å²) >= 11 is 1.16. The summed E-state index contributed by atoms with van der Waals surface area (Å²) in [5.74, 6) is -0.253. The molecule has 0 bridgehead atoms. The van der Waals surface area contributed by atoms with Crippen molar-refractivity contribution in [1.82, 2.24) is 9.53 Å². The van der Waals surface area contributed by atoms with Crippen molar-refractivity contribution in [3.8, 4) is 0 Å². The number of carbonyl (C=O) groups excluding carboxylic acids is 2. The molecule has 0 saturated carbocycles.